The molecule has 1 atom stereocenters. The van der Waals surface area contributed by atoms with Crippen molar-refractivity contribution in [1.29, 1.82) is 0 Å². The number of benzene rings is 2. The van der Waals surface area contributed by atoms with Crippen molar-refractivity contribution in [3.05, 3.63) is 71.8 Å². The summed E-state index contributed by atoms with van der Waals surface area (Å²) in [6.07, 6.45) is 3.83. The Morgan fingerprint density at radius 3 is 2.54 bits per heavy atom. The molecule has 2 aromatic rings. The topological polar surface area (TPSA) is 49.4 Å². The number of hydrogen-bond donors (Lipinski definition) is 1. The van der Waals surface area contributed by atoms with E-state index in [4.69, 9.17) is 0 Å². The first-order valence-electron chi connectivity index (χ1n) is 8.05. The second-order valence-electron chi connectivity index (χ2n) is 5.92. The van der Waals surface area contributed by atoms with E-state index in [2.05, 4.69) is 5.32 Å². The molecule has 2 aromatic carbocycles. The van der Waals surface area contributed by atoms with Crippen LogP contribution in [0.1, 0.15) is 17.5 Å². The van der Waals surface area contributed by atoms with Gasteiger partial charge in [0.25, 0.3) is 0 Å². The molecule has 0 spiro atoms. The SMILES string of the molecule is Cc1ccc(N2CCC(NC(=O)/C=C/c3ccccc3)C2=O)cc1. The number of rotatable bonds is 4. The molecule has 1 N–H and O–H groups in total. The van der Waals surface area contributed by atoms with E-state index in [9.17, 15) is 9.59 Å². The van der Waals surface area contributed by atoms with Crippen molar-refractivity contribution in [2.75, 3.05) is 11.4 Å². The van der Waals surface area contributed by atoms with Crippen LogP contribution in [0.5, 0.6) is 0 Å². The lowest BCUT2D eigenvalue weighted by Crippen LogP contribution is -2.40. The smallest absolute Gasteiger partial charge is 0.249 e. The Morgan fingerprint density at radius 2 is 1.83 bits per heavy atom. The Balaban J connectivity index is 1.60. The van der Waals surface area contributed by atoms with Crippen molar-refractivity contribution >= 4 is 23.6 Å². The summed E-state index contributed by atoms with van der Waals surface area (Å²) in [6, 6.07) is 17.0. The summed E-state index contributed by atoms with van der Waals surface area (Å²) in [6.45, 7) is 2.63. The summed E-state index contributed by atoms with van der Waals surface area (Å²) in [5.74, 6) is -0.303. The normalized spacial score (nSPS) is 17.5. The third-order valence-corrected chi connectivity index (χ3v) is 4.09. The van der Waals surface area contributed by atoms with E-state index in [1.165, 1.54) is 6.08 Å². The molecule has 0 saturated carbocycles. The molecule has 122 valence electrons. The average molecular weight is 320 g/mol. The molecule has 0 aliphatic carbocycles. The zero-order valence-corrected chi connectivity index (χ0v) is 13.6. The zero-order valence-electron chi connectivity index (χ0n) is 13.6. The monoisotopic (exact) mass is 320 g/mol. The Kier molecular flexibility index (Phi) is 4.75. The first-order chi connectivity index (χ1) is 11.6. The van der Waals surface area contributed by atoms with Crippen LogP contribution < -0.4 is 10.2 Å². The lowest BCUT2D eigenvalue weighted by Gasteiger charge is -2.17. The second-order valence-corrected chi connectivity index (χ2v) is 5.92. The average Bonchev–Trinajstić information content (AvgIpc) is 2.95. The number of carbonyl (C=O) groups is 2. The van der Waals surface area contributed by atoms with Crippen LogP contribution in [0, 0.1) is 6.92 Å². The summed E-state index contributed by atoms with van der Waals surface area (Å²) in [7, 11) is 0. The Labute approximate surface area is 141 Å². The van der Waals surface area contributed by atoms with Crippen molar-refractivity contribution < 1.29 is 9.59 Å². The van der Waals surface area contributed by atoms with Gasteiger partial charge in [-0.1, -0.05) is 48.0 Å². The lowest BCUT2D eigenvalue weighted by molar-refractivity contribution is -0.123. The highest BCUT2D eigenvalue weighted by atomic mass is 16.2. The fraction of sp³-hybridized carbons (Fsp3) is 0.200. The molecule has 0 aromatic heterocycles. The van der Waals surface area contributed by atoms with Gasteiger partial charge in [-0.15, -0.1) is 0 Å². The molecule has 24 heavy (non-hydrogen) atoms. The van der Waals surface area contributed by atoms with Crippen molar-refractivity contribution in [3.8, 4) is 0 Å². The van der Waals surface area contributed by atoms with Crippen LogP contribution in [0.3, 0.4) is 0 Å². The summed E-state index contributed by atoms with van der Waals surface area (Å²) in [5, 5.41) is 2.79. The van der Waals surface area contributed by atoms with Crippen LogP contribution in [0.15, 0.2) is 60.7 Å². The number of hydrogen-bond acceptors (Lipinski definition) is 2. The molecule has 0 radical (unpaired) electrons. The number of carbonyl (C=O) groups excluding carboxylic acids is 2. The first kappa shape index (κ1) is 16.0. The third kappa shape index (κ3) is 3.71. The third-order valence-electron chi connectivity index (χ3n) is 4.09. The molecule has 1 unspecified atom stereocenters. The molecule has 1 heterocycles. The van der Waals surface area contributed by atoms with E-state index in [0.29, 0.717) is 13.0 Å². The van der Waals surface area contributed by atoms with Gasteiger partial charge in [0.05, 0.1) is 0 Å². The fourth-order valence-corrected chi connectivity index (χ4v) is 2.75. The summed E-state index contributed by atoms with van der Waals surface area (Å²) >= 11 is 0. The highest BCUT2D eigenvalue weighted by Gasteiger charge is 2.33. The van der Waals surface area contributed by atoms with Gasteiger partial charge >= 0.3 is 0 Å². The molecule has 1 saturated heterocycles. The Morgan fingerprint density at radius 1 is 1.12 bits per heavy atom. The number of aryl methyl sites for hydroxylation is 1. The second kappa shape index (κ2) is 7.13. The highest BCUT2D eigenvalue weighted by molar-refractivity contribution is 6.03. The molecule has 4 heteroatoms. The van der Waals surface area contributed by atoms with Crippen LogP contribution in [-0.4, -0.2) is 24.4 Å². The van der Waals surface area contributed by atoms with Gasteiger partial charge in [-0.05, 0) is 37.1 Å². The number of nitrogens with one attached hydrogen (secondary N) is 1. The van der Waals surface area contributed by atoms with Gasteiger partial charge in [0.15, 0.2) is 0 Å². The zero-order chi connectivity index (χ0) is 16.9. The predicted octanol–water partition coefficient (Wildman–Crippen LogP) is 2.93. The van der Waals surface area contributed by atoms with Gasteiger partial charge in [-0.3, -0.25) is 9.59 Å². The molecule has 1 aliphatic heterocycles. The van der Waals surface area contributed by atoms with E-state index in [1.807, 2.05) is 61.5 Å². The van der Waals surface area contributed by atoms with E-state index in [1.54, 1.807) is 11.0 Å². The molecule has 3 rings (SSSR count). The summed E-state index contributed by atoms with van der Waals surface area (Å²) < 4.78 is 0. The molecule has 2 amide bonds. The molecular weight excluding hydrogens is 300 g/mol. The molecule has 1 fully saturated rings. The van der Waals surface area contributed by atoms with E-state index < -0.39 is 6.04 Å². The van der Waals surface area contributed by atoms with Gasteiger partial charge in [-0.2, -0.15) is 0 Å². The molecular formula is C20H20N2O2. The number of nitrogens with zero attached hydrogens (tertiary/aromatic N) is 1. The maximum absolute atomic E-state index is 12.5. The largest absolute Gasteiger partial charge is 0.341 e. The van der Waals surface area contributed by atoms with E-state index in [0.717, 1.165) is 16.8 Å². The van der Waals surface area contributed by atoms with Crippen molar-refractivity contribution in [2.45, 2.75) is 19.4 Å². The van der Waals surface area contributed by atoms with Crippen molar-refractivity contribution in [2.24, 2.45) is 0 Å². The van der Waals surface area contributed by atoms with Gasteiger partial charge in [-0.25, -0.2) is 0 Å². The van der Waals surface area contributed by atoms with Crippen molar-refractivity contribution in [1.82, 2.24) is 5.32 Å². The minimum Gasteiger partial charge on any atom is -0.341 e. The Hall–Kier alpha value is -2.88. The van der Waals surface area contributed by atoms with Gasteiger partial charge < -0.3 is 10.2 Å². The van der Waals surface area contributed by atoms with Crippen LogP contribution in [0.4, 0.5) is 5.69 Å². The molecule has 1 aliphatic rings. The summed E-state index contributed by atoms with van der Waals surface area (Å²) in [4.78, 5) is 26.3. The maximum atomic E-state index is 12.5. The standard InChI is InChI=1S/C20H20N2O2/c1-15-7-10-17(11-8-15)22-14-13-18(20(22)24)21-19(23)12-9-16-5-3-2-4-6-16/h2-12,18H,13-14H2,1H3,(H,21,23)/b12-9+. The lowest BCUT2D eigenvalue weighted by atomic mass is 10.2. The highest BCUT2D eigenvalue weighted by Crippen LogP contribution is 2.22. The van der Waals surface area contributed by atoms with Crippen LogP contribution in [0.2, 0.25) is 0 Å². The fourth-order valence-electron chi connectivity index (χ4n) is 2.75. The summed E-state index contributed by atoms with van der Waals surface area (Å²) in [5.41, 5.74) is 2.98. The maximum Gasteiger partial charge on any atom is 0.249 e. The van der Waals surface area contributed by atoms with Gasteiger partial charge in [0.1, 0.15) is 6.04 Å². The first-order valence-corrected chi connectivity index (χ1v) is 8.05. The number of anilines is 1. The molecule has 4 nitrogen and oxygen atoms in total. The Bertz CT molecular complexity index is 751. The van der Waals surface area contributed by atoms with E-state index in [-0.39, 0.29) is 11.8 Å². The van der Waals surface area contributed by atoms with Gasteiger partial charge in [0.2, 0.25) is 11.8 Å². The van der Waals surface area contributed by atoms with Crippen LogP contribution >= 0.6 is 0 Å². The quantitative estimate of drug-likeness (QED) is 0.881. The van der Waals surface area contributed by atoms with Crippen molar-refractivity contribution in [3.63, 3.8) is 0 Å². The number of amides is 2. The minimum absolute atomic E-state index is 0.0553. The molecule has 0 bridgehead atoms. The van der Waals surface area contributed by atoms with E-state index >= 15 is 0 Å². The van der Waals surface area contributed by atoms with Crippen LogP contribution in [0.25, 0.3) is 6.08 Å². The van der Waals surface area contributed by atoms with Crippen LogP contribution in [-0.2, 0) is 9.59 Å². The predicted molar refractivity (Wildman–Crippen MR) is 95.6 cm³/mol. The minimum atomic E-state index is -0.459. The van der Waals surface area contributed by atoms with Gasteiger partial charge in [0, 0.05) is 18.3 Å².